The normalized spacial score (nSPS) is 25.6. The summed E-state index contributed by atoms with van der Waals surface area (Å²) in [5.41, 5.74) is 9.49. The van der Waals surface area contributed by atoms with Gasteiger partial charge in [-0.15, -0.1) is 0 Å². The molecule has 0 aliphatic carbocycles. The maximum Gasteiger partial charge on any atom is 0.220 e. The van der Waals surface area contributed by atoms with Crippen LogP contribution in [0.2, 0.25) is 0 Å². The number of rotatable bonds is 6. The third-order valence-corrected chi connectivity index (χ3v) is 6.46. The number of anilines is 1. The quantitative estimate of drug-likeness (QED) is 0.284. The summed E-state index contributed by atoms with van der Waals surface area (Å²) in [5.74, 6) is 0.347. The number of oxime groups is 1. The van der Waals surface area contributed by atoms with Gasteiger partial charge in [0.25, 0.3) is 0 Å². The number of aryl methyl sites for hydroxylation is 1. The van der Waals surface area contributed by atoms with Gasteiger partial charge >= 0.3 is 0 Å². The van der Waals surface area contributed by atoms with E-state index in [0.29, 0.717) is 40.5 Å². The van der Waals surface area contributed by atoms with Gasteiger partial charge in [-0.3, -0.25) is 0 Å². The minimum Gasteiger partial charge on any atom is -0.481 e. The Balaban J connectivity index is 1.50. The van der Waals surface area contributed by atoms with E-state index in [1.165, 1.54) is 19.2 Å². The number of pyridine rings is 1. The number of nitrogens with one attached hydrogen (secondary N) is 1. The van der Waals surface area contributed by atoms with Gasteiger partial charge in [0, 0.05) is 18.1 Å². The number of nitrogen functional groups attached to an aromatic ring is 1. The van der Waals surface area contributed by atoms with Gasteiger partial charge in [0.15, 0.2) is 12.1 Å². The molecule has 0 bridgehead atoms. The molecular weight excluding hydrogens is 499 g/mol. The zero-order valence-corrected chi connectivity index (χ0v) is 20.6. The summed E-state index contributed by atoms with van der Waals surface area (Å²) in [5, 5.41) is 36.9. The Hall–Kier alpha value is -3.91. The number of aromatic nitrogens is 3. The molecule has 0 saturated carbocycles. The van der Waals surface area contributed by atoms with E-state index in [1.54, 1.807) is 31.2 Å². The van der Waals surface area contributed by atoms with E-state index in [4.69, 9.17) is 20.0 Å². The average molecular weight is 527 g/mol. The summed E-state index contributed by atoms with van der Waals surface area (Å²) in [7, 11) is 1.50. The van der Waals surface area contributed by atoms with Crippen LogP contribution in [0, 0.1) is 12.7 Å². The number of methoxy groups -OCH3 is 1. The lowest BCUT2D eigenvalue weighted by molar-refractivity contribution is -0.136. The van der Waals surface area contributed by atoms with Crippen molar-refractivity contribution in [3.05, 3.63) is 64.7 Å². The molecule has 1 saturated heterocycles. The van der Waals surface area contributed by atoms with Crippen molar-refractivity contribution >= 4 is 11.8 Å². The predicted molar refractivity (Wildman–Crippen MR) is 132 cm³/mol. The zero-order chi connectivity index (χ0) is 27.0. The number of benzene rings is 1. The van der Waals surface area contributed by atoms with Gasteiger partial charge in [-0.05, 0) is 30.7 Å². The molecule has 2 aliphatic heterocycles. The van der Waals surface area contributed by atoms with E-state index in [0.717, 1.165) is 5.56 Å². The van der Waals surface area contributed by atoms with Gasteiger partial charge in [-0.1, -0.05) is 17.3 Å². The molecule has 2 unspecified atom stereocenters. The van der Waals surface area contributed by atoms with E-state index in [9.17, 15) is 19.7 Å². The third-order valence-electron chi connectivity index (χ3n) is 6.46. The van der Waals surface area contributed by atoms with Crippen molar-refractivity contribution in [2.24, 2.45) is 5.16 Å². The maximum atomic E-state index is 14.4. The fourth-order valence-electron chi connectivity index (χ4n) is 4.63. The number of nitrogens with zero attached hydrogens (tertiary/aromatic N) is 4. The predicted octanol–water partition coefficient (Wildman–Crippen LogP) is 0.581. The molecule has 2 aromatic heterocycles. The second-order valence-electron chi connectivity index (χ2n) is 8.97. The zero-order valence-electron chi connectivity index (χ0n) is 20.6. The number of hydrogen-bond acceptors (Lipinski definition) is 11. The standard InChI is InChI=1S/C25H27FN6O6/c1-11-20-17(31-25(27)28-11)9-16(30-23(20)32-37-10-18-21(33)22(34)24(35)38-18)13-7-6-12(26)8-14(13)15-4-3-5-19(29-15)36-2/h3-8,16,18,21-22,24,33-35H,9-10H2,1-2H3,(H,30,32)(H2,27,28,31)/t16?,18-,21-,22-,24?/m1/s1. The molecule has 200 valence electrons. The van der Waals surface area contributed by atoms with Gasteiger partial charge in [0.2, 0.25) is 11.8 Å². The molecular formula is C25H27FN6O6. The summed E-state index contributed by atoms with van der Waals surface area (Å²) in [6.45, 7) is 1.51. The maximum absolute atomic E-state index is 14.4. The lowest BCUT2D eigenvalue weighted by Gasteiger charge is -2.29. The number of ether oxygens (including phenoxy) is 2. The Morgan fingerprint density at radius 1 is 1.16 bits per heavy atom. The van der Waals surface area contributed by atoms with Crippen LogP contribution in [0.5, 0.6) is 5.88 Å². The molecule has 2 aliphatic rings. The molecule has 13 heteroatoms. The van der Waals surface area contributed by atoms with Crippen LogP contribution in [0.25, 0.3) is 11.3 Å². The Morgan fingerprint density at radius 2 is 1.97 bits per heavy atom. The van der Waals surface area contributed by atoms with E-state index < -0.39 is 36.5 Å². The SMILES string of the molecule is COc1cccc(-c2cc(F)ccc2C2Cc3nc(N)nc(C)c3C(=NOC[C@H]3OC(O)[C@H](O)[C@@H]3O)N2)n1. The summed E-state index contributed by atoms with van der Waals surface area (Å²) in [4.78, 5) is 18.6. The van der Waals surface area contributed by atoms with Crippen LogP contribution in [-0.2, 0) is 16.0 Å². The minimum absolute atomic E-state index is 0.0985. The molecule has 3 aromatic rings. The average Bonchev–Trinajstić information content (AvgIpc) is 3.14. The molecule has 0 radical (unpaired) electrons. The molecule has 6 N–H and O–H groups in total. The molecule has 38 heavy (non-hydrogen) atoms. The summed E-state index contributed by atoms with van der Waals surface area (Å²) < 4.78 is 24.7. The number of halogens is 1. The van der Waals surface area contributed by atoms with Crippen molar-refractivity contribution in [1.82, 2.24) is 20.3 Å². The lowest BCUT2D eigenvalue weighted by Crippen LogP contribution is -2.38. The smallest absolute Gasteiger partial charge is 0.220 e. The Morgan fingerprint density at radius 3 is 2.71 bits per heavy atom. The van der Waals surface area contributed by atoms with Crippen LogP contribution in [0.4, 0.5) is 10.3 Å². The first kappa shape index (κ1) is 25.7. The molecule has 0 spiro atoms. The Labute approximate surface area is 216 Å². The van der Waals surface area contributed by atoms with Gasteiger partial charge in [-0.2, -0.15) is 0 Å². The van der Waals surface area contributed by atoms with Crippen molar-refractivity contribution in [1.29, 1.82) is 0 Å². The van der Waals surface area contributed by atoms with Crippen molar-refractivity contribution in [2.45, 2.75) is 44.0 Å². The van der Waals surface area contributed by atoms with Crippen LogP contribution in [0.15, 0.2) is 41.6 Å². The molecule has 4 heterocycles. The minimum atomic E-state index is -1.52. The highest BCUT2D eigenvalue weighted by Crippen LogP contribution is 2.34. The Bertz CT molecular complexity index is 1370. The molecule has 1 fully saturated rings. The highest BCUT2D eigenvalue weighted by atomic mass is 19.1. The van der Waals surface area contributed by atoms with E-state index >= 15 is 0 Å². The highest BCUT2D eigenvalue weighted by molar-refractivity contribution is 6.01. The summed E-state index contributed by atoms with van der Waals surface area (Å²) >= 11 is 0. The molecule has 12 nitrogen and oxygen atoms in total. The molecule has 1 aromatic carbocycles. The van der Waals surface area contributed by atoms with Crippen molar-refractivity contribution in [3.8, 4) is 17.1 Å². The van der Waals surface area contributed by atoms with Crippen LogP contribution in [0.1, 0.15) is 28.6 Å². The lowest BCUT2D eigenvalue weighted by atomic mass is 9.90. The van der Waals surface area contributed by atoms with Crippen LogP contribution in [0.3, 0.4) is 0 Å². The van der Waals surface area contributed by atoms with Gasteiger partial charge in [-0.25, -0.2) is 19.3 Å². The highest BCUT2D eigenvalue weighted by Gasteiger charge is 2.42. The molecule has 5 atom stereocenters. The summed E-state index contributed by atoms with van der Waals surface area (Å²) in [6, 6.07) is 9.22. The van der Waals surface area contributed by atoms with Gasteiger partial charge < -0.3 is 40.7 Å². The monoisotopic (exact) mass is 526 g/mol. The van der Waals surface area contributed by atoms with Gasteiger partial charge in [0.1, 0.15) is 30.7 Å². The third kappa shape index (κ3) is 4.96. The van der Waals surface area contributed by atoms with E-state index in [2.05, 4.69) is 25.4 Å². The first-order valence-corrected chi connectivity index (χ1v) is 11.9. The van der Waals surface area contributed by atoms with Crippen LogP contribution < -0.4 is 15.8 Å². The number of hydrogen-bond donors (Lipinski definition) is 5. The fraction of sp³-hybridized carbons (Fsp3) is 0.360. The number of amidine groups is 1. The van der Waals surface area contributed by atoms with Crippen molar-refractivity contribution in [3.63, 3.8) is 0 Å². The second kappa shape index (κ2) is 10.5. The first-order valence-electron chi connectivity index (χ1n) is 11.9. The summed E-state index contributed by atoms with van der Waals surface area (Å²) in [6.07, 6.45) is -4.92. The molecule has 0 amide bonds. The first-order chi connectivity index (χ1) is 18.2. The van der Waals surface area contributed by atoms with Gasteiger partial charge in [0.05, 0.1) is 35.8 Å². The number of aliphatic hydroxyl groups excluding tert-OH is 3. The van der Waals surface area contributed by atoms with E-state index in [1.807, 2.05) is 0 Å². The second-order valence-corrected chi connectivity index (χ2v) is 8.97. The largest absolute Gasteiger partial charge is 0.481 e. The number of fused-ring (bicyclic) bond motifs is 1. The van der Waals surface area contributed by atoms with Crippen LogP contribution >= 0.6 is 0 Å². The number of aliphatic hydroxyl groups is 3. The fourth-order valence-corrected chi connectivity index (χ4v) is 4.63. The number of nitrogens with two attached hydrogens (primary N) is 1. The van der Waals surface area contributed by atoms with Crippen molar-refractivity contribution < 1.29 is 34.0 Å². The topological polar surface area (TPSA) is 177 Å². The van der Waals surface area contributed by atoms with Crippen LogP contribution in [-0.4, -0.2) is 74.4 Å². The van der Waals surface area contributed by atoms with E-state index in [-0.39, 0.29) is 18.4 Å². The molecule has 5 rings (SSSR count). The van der Waals surface area contributed by atoms with Crippen molar-refractivity contribution in [2.75, 3.05) is 19.5 Å². The Kier molecular flexibility index (Phi) is 7.08.